The summed E-state index contributed by atoms with van der Waals surface area (Å²) in [6.07, 6.45) is 30.9. The molecule has 2 aliphatic heterocycles. The van der Waals surface area contributed by atoms with Crippen molar-refractivity contribution in [1.29, 1.82) is 0 Å². The van der Waals surface area contributed by atoms with Gasteiger partial charge < -0.3 is 21.3 Å². The molecule has 4 heterocycles. The third-order valence-electron chi connectivity index (χ3n) is 14.3. The smallest absolute Gasteiger partial charge is 0.228 e. The number of unbranched alkanes of at least 4 members (excludes halogenated alkanes) is 15. The van der Waals surface area contributed by atoms with Gasteiger partial charge in [-0.1, -0.05) is 117 Å². The molecule has 70 heavy (non-hydrogen) atoms. The summed E-state index contributed by atoms with van der Waals surface area (Å²) in [6.45, 7) is 28.1. The Morgan fingerprint density at radius 3 is 0.986 bits per heavy atom. The molecule has 2 saturated heterocycles. The quantitative estimate of drug-likeness (QED) is 0.0475. The van der Waals surface area contributed by atoms with Crippen LogP contribution >= 0.6 is 23.2 Å². The van der Waals surface area contributed by atoms with Crippen molar-refractivity contribution in [3.8, 4) is 0 Å². The van der Waals surface area contributed by atoms with Crippen LogP contribution in [-0.4, -0.2) is 102 Å². The van der Waals surface area contributed by atoms with Crippen molar-refractivity contribution < 1.29 is 9.68 Å². The lowest BCUT2D eigenvalue weighted by Gasteiger charge is -2.54. The Morgan fingerprint density at radius 2 is 0.671 bits per heavy atom. The number of aromatic nitrogens is 6. The first-order chi connectivity index (χ1) is 33.4. The van der Waals surface area contributed by atoms with Crippen LogP contribution in [0.2, 0.25) is 10.6 Å². The van der Waals surface area contributed by atoms with E-state index in [0.29, 0.717) is 35.6 Å². The standard InChI is InChI=1S/C54H100Cl2N12O2/c1-11-13-15-17-21-29-37-69-67-51(3,4)39-43(40-52(67,5)6)31-23-27-35-59-49-63-45(55)61-47(65-49)57-33-25-19-20-26-34-58-48-62-46(56)64-50(66-48)60-36-28-24-32-44-41-53(7,8)68(54(9,10)42-44)70-38-30-22-18-16-14-12-2/h43-44H,11-42H2,1-10H3,(H2,57,59,61,63,65)(H2,58,60,62,64,66). The second-order valence-corrected chi connectivity index (χ2v) is 23.9. The summed E-state index contributed by atoms with van der Waals surface area (Å²) in [5, 5.41) is 18.5. The molecule has 0 atom stereocenters. The molecule has 2 aromatic rings. The van der Waals surface area contributed by atoms with Crippen LogP contribution in [-0.2, 0) is 9.68 Å². The zero-order valence-corrected chi connectivity index (χ0v) is 47.4. The van der Waals surface area contributed by atoms with Crippen molar-refractivity contribution in [3.63, 3.8) is 0 Å². The molecule has 0 saturated carbocycles. The van der Waals surface area contributed by atoms with Crippen LogP contribution in [0.4, 0.5) is 23.8 Å². The minimum absolute atomic E-state index is 0.0162. The van der Waals surface area contributed by atoms with E-state index in [9.17, 15) is 0 Å². The van der Waals surface area contributed by atoms with E-state index in [1.54, 1.807) is 0 Å². The molecule has 16 heteroatoms. The molecule has 4 rings (SSSR count). The van der Waals surface area contributed by atoms with Gasteiger partial charge in [0.2, 0.25) is 34.4 Å². The molecule has 0 radical (unpaired) electrons. The van der Waals surface area contributed by atoms with E-state index >= 15 is 0 Å². The van der Waals surface area contributed by atoms with E-state index < -0.39 is 0 Å². The molecule has 14 nitrogen and oxygen atoms in total. The first-order valence-electron chi connectivity index (χ1n) is 28.1. The maximum atomic E-state index is 6.47. The van der Waals surface area contributed by atoms with Crippen molar-refractivity contribution in [2.75, 3.05) is 60.7 Å². The summed E-state index contributed by atoms with van der Waals surface area (Å²) >= 11 is 12.6. The number of nitrogens with one attached hydrogen (secondary N) is 4. The number of hydrogen-bond donors (Lipinski definition) is 4. The Bertz CT molecular complexity index is 1580. The van der Waals surface area contributed by atoms with Crippen molar-refractivity contribution in [2.24, 2.45) is 11.8 Å². The first-order valence-corrected chi connectivity index (χ1v) is 28.8. The molecule has 0 unspecified atom stereocenters. The average Bonchev–Trinajstić information content (AvgIpc) is 3.27. The van der Waals surface area contributed by atoms with E-state index in [2.05, 4.69) is 131 Å². The molecule has 2 aromatic heterocycles. The van der Waals surface area contributed by atoms with Gasteiger partial charge >= 0.3 is 0 Å². The van der Waals surface area contributed by atoms with Crippen molar-refractivity contribution >= 4 is 47.0 Å². The average molecular weight is 1020 g/mol. The van der Waals surface area contributed by atoms with Crippen LogP contribution in [0.3, 0.4) is 0 Å². The molecular formula is C54H100Cl2N12O2. The topological polar surface area (TPSA) is 150 Å². The Morgan fingerprint density at radius 1 is 0.400 bits per heavy atom. The molecule has 0 aromatic carbocycles. The van der Waals surface area contributed by atoms with Gasteiger partial charge in [-0.2, -0.15) is 40.0 Å². The van der Waals surface area contributed by atoms with Crippen LogP contribution in [0.15, 0.2) is 0 Å². The summed E-state index contributed by atoms with van der Waals surface area (Å²) in [5.74, 6) is 3.39. The van der Waals surface area contributed by atoms with E-state index in [1.807, 2.05) is 0 Å². The van der Waals surface area contributed by atoms with Gasteiger partial charge in [-0.25, -0.2) is 0 Å². The SMILES string of the molecule is CCCCCCCCON1C(C)(C)CC(CCCCNc2nc(Cl)nc(NCCCCCCNc3nc(Cl)nc(NCCCCC4CC(C)(C)N(OCCCCCCCC)C(C)(C)C4)n3)n2)CC1(C)C. The maximum Gasteiger partial charge on any atom is 0.228 e. The van der Waals surface area contributed by atoms with Gasteiger partial charge in [0, 0.05) is 48.3 Å². The van der Waals surface area contributed by atoms with E-state index in [-0.39, 0.29) is 32.7 Å². The number of rotatable bonds is 37. The fourth-order valence-electron chi connectivity index (χ4n) is 11.7. The lowest BCUT2D eigenvalue weighted by atomic mass is 9.73. The maximum absolute atomic E-state index is 6.47. The van der Waals surface area contributed by atoms with Crippen LogP contribution in [0.1, 0.15) is 236 Å². The predicted molar refractivity (Wildman–Crippen MR) is 294 cm³/mol. The monoisotopic (exact) mass is 1020 g/mol. The van der Waals surface area contributed by atoms with Gasteiger partial charge in [0.25, 0.3) is 0 Å². The second kappa shape index (κ2) is 31.4. The van der Waals surface area contributed by atoms with Crippen LogP contribution in [0.25, 0.3) is 0 Å². The molecule has 2 fully saturated rings. The zero-order chi connectivity index (χ0) is 50.9. The number of hydroxylamine groups is 4. The summed E-state index contributed by atoms with van der Waals surface area (Å²) in [5.41, 5.74) is 0.0647. The molecule has 0 amide bonds. The van der Waals surface area contributed by atoms with Gasteiger partial charge in [-0.3, -0.25) is 9.68 Å². The Hall–Kier alpha value is -2.36. The van der Waals surface area contributed by atoms with Gasteiger partial charge in [-0.15, -0.1) is 0 Å². The fourth-order valence-corrected chi connectivity index (χ4v) is 12.0. The lowest BCUT2D eigenvalue weighted by molar-refractivity contribution is -0.288. The molecule has 402 valence electrons. The van der Waals surface area contributed by atoms with E-state index in [0.717, 1.165) is 129 Å². The third kappa shape index (κ3) is 22.4. The second-order valence-electron chi connectivity index (χ2n) is 23.2. The summed E-state index contributed by atoms with van der Waals surface area (Å²) in [7, 11) is 0. The van der Waals surface area contributed by atoms with E-state index in [1.165, 1.54) is 77.0 Å². The Labute approximate surface area is 436 Å². The highest BCUT2D eigenvalue weighted by Crippen LogP contribution is 2.44. The van der Waals surface area contributed by atoms with Crippen LogP contribution in [0, 0.1) is 11.8 Å². The first kappa shape index (κ1) is 60.2. The van der Waals surface area contributed by atoms with Gasteiger partial charge in [-0.05, 0) is 155 Å². The molecule has 0 aliphatic carbocycles. The highest BCUT2D eigenvalue weighted by Gasteiger charge is 2.47. The summed E-state index contributed by atoms with van der Waals surface area (Å²) in [4.78, 5) is 39.4. The van der Waals surface area contributed by atoms with Crippen LogP contribution in [0.5, 0.6) is 0 Å². The number of nitrogens with zero attached hydrogens (tertiary/aromatic N) is 8. The minimum atomic E-state index is 0.0162. The largest absolute Gasteiger partial charge is 0.354 e. The third-order valence-corrected chi connectivity index (χ3v) is 14.7. The zero-order valence-electron chi connectivity index (χ0n) is 45.9. The predicted octanol–water partition coefficient (Wildman–Crippen LogP) is 14.7. The van der Waals surface area contributed by atoms with Crippen molar-refractivity contribution in [1.82, 2.24) is 40.0 Å². The minimum Gasteiger partial charge on any atom is -0.354 e. The normalized spacial score (nSPS) is 18.3. The van der Waals surface area contributed by atoms with Crippen LogP contribution < -0.4 is 21.3 Å². The van der Waals surface area contributed by atoms with E-state index in [4.69, 9.17) is 32.9 Å². The molecule has 0 bridgehead atoms. The van der Waals surface area contributed by atoms with Crippen molar-refractivity contribution in [3.05, 3.63) is 10.6 Å². The highest BCUT2D eigenvalue weighted by atomic mass is 35.5. The fraction of sp³-hybridized carbons (Fsp3) is 0.889. The summed E-state index contributed by atoms with van der Waals surface area (Å²) < 4.78 is 0. The Kier molecular flexibility index (Phi) is 27.0. The van der Waals surface area contributed by atoms with Gasteiger partial charge in [0.05, 0.1) is 13.2 Å². The molecule has 4 N–H and O–H groups in total. The molecule has 2 aliphatic rings. The van der Waals surface area contributed by atoms with Crippen molar-refractivity contribution in [2.45, 2.75) is 258 Å². The lowest BCUT2D eigenvalue weighted by Crippen LogP contribution is -2.60. The van der Waals surface area contributed by atoms with Gasteiger partial charge in [0.1, 0.15) is 0 Å². The number of anilines is 4. The summed E-state index contributed by atoms with van der Waals surface area (Å²) in [6, 6.07) is 0. The highest BCUT2D eigenvalue weighted by molar-refractivity contribution is 6.28. The Balaban J connectivity index is 1.03. The number of hydrogen-bond acceptors (Lipinski definition) is 14. The van der Waals surface area contributed by atoms with Gasteiger partial charge in [0.15, 0.2) is 0 Å². The molecule has 0 spiro atoms. The molecular weight excluding hydrogens is 920 g/mol. The number of piperidine rings is 2. The number of halogens is 2.